The van der Waals surface area contributed by atoms with Gasteiger partial charge in [0.1, 0.15) is 12.3 Å². The third-order valence-corrected chi connectivity index (χ3v) is 6.25. The molecule has 0 saturated carbocycles. The number of hydrogen-bond donors (Lipinski definition) is 1. The van der Waals surface area contributed by atoms with Crippen molar-refractivity contribution in [2.24, 2.45) is 0 Å². The molecular weight excluding hydrogens is 420 g/mol. The minimum atomic E-state index is -0.0427. The number of unbranched alkanes of at least 4 members (excludes halogenated alkanes) is 7. The van der Waals surface area contributed by atoms with Crippen LogP contribution >= 0.6 is 0 Å². The SMILES string of the molecule is CCCCCCCCCCOc1ccc(CC(=O)NCc2ccc[n+](CC)c2)cc1C(C)(C)C. The Morgan fingerprint density at radius 2 is 1.65 bits per heavy atom. The van der Waals surface area contributed by atoms with Gasteiger partial charge in [-0.3, -0.25) is 4.79 Å². The van der Waals surface area contributed by atoms with Crippen LogP contribution in [0.1, 0.15) is 103 Å². The Morgan fingerprint density at radius 1 is 0.941 bits per heavy atom. The van der Waals surface area contributed by atoms with Crippen molar-refractivity contribution in [1.29, 1.82) is 0 Å². The van der Waals surface area contributed by atoms with Crippen molar-refractivity contribution in [3.8, 4) is 5.75 Å². The van der Waals surface area contributed by atoms with Crippen LogP contribution in [0, 0.1) is 0 Å². The fourth-order valence-corrected chi connectivity index (χ4v) is 4.14. The summed E-state index contributed by atoms with van der Waals surface area (Å²) >= 11 is 0. The van der Waals surface area contributed by atoms with Gasteiger partial charge in [-0.05, 0) is 42.0 Å². The predicted octanol–water partition coefficient (Wildman–Crippen LogP) is 6.67. The highest BCUT2D eigenvalue weighted by molar-refractivity contribution is 5.78. The number of aryl methyl sites for hydroxylation is 1. The standard InChI is InChI=1S/C30H46N2O2/c1-6-8-9-10-11-12-13-14-20-34-28-18-17-25(21-27(28)30(3,4)5)22-29(33)31-23-26-16-15-19-32(7-2)24-26/h15-19,21,24H,6-14,20,22-23H2,1-5H3/p+1. The average molecular weight is 468 g/mol. The van der Waals surface area contributed by atoms with Crippen LogP contribution < -0.4 is 14.6 Å². The normalized spacial score (nSPS) is 11.4. The lowest BCUT2D eigenvalue weighted by atomic mass is 9.85. The second kappa shape index (κ2) is 14.8. The molecule has 0 atom stereocenters. The van der Waals surface area contributed by atoms with E-state index in [1.54, 1.807) is 0 Å². The van der Waals surface area contributed by atoms with Crippen LogP contribution in [0.15, 0.2) is 42.7 Å². The summed E-state index contributed by atoms with van der Waals surface area (Å²) in [6.07, 6.45) is 14.9. The van der Waals surface area contributed by atoms with Gasteiger partial charge in [-0.2, -0.15) is 0 Å². The molecule has 0 spiro atoms. The minimum absolute atomic E-state index is 0.0411. The summed E-state index contributed by atoms with van der Waals surface area (Å²) in [5.41, 5.74) is 3.26. The highest BCUT2D eigenvalue weighted by atomic mass is 16.5. The Morgan fingerprint density at radius 3 is 2.32 bits per heavy atom. The third-order valence-electron chi connectivity index (χ3n) is 6.25. The number of carbonyl (C=O) groups excluding carboxylic acids is 1. The molecule has 34 heavy (non-hydrogen) atoms. The van der Waals surface area contributed by atoms with E-state index in [9.17, 15) is 4.79 Å². The molecule has 0 aliphatic rings. The molecule has 1 heterocycles. The Hall–Kier alpha value is -2.36. The number of carbonyl (C=O) groups is 1. The lowest BCUT2D eigenvalue weighted by Gasteiger charge is -2.24. The zero-order chi connectivity index (χ0) is 24.8. The summed E-state index contributed by atoms with van der Waals surface area (Å²) in [7, 11) is 0. The second-order valence-electron chi connectivity index (χ2n) is 10.4. The zero-order valence-corrected chi connectivity index (χ0v) is 22.3. The number of hydrogen-bond acceptors (Lipinski definition) is 2. The van der Waals surface area contributed by atoms with E-state index in [1.165, 1.54) is 50.5 Å². The molecule has 1 aromatic heterocycles. The molecule has 188 valence electrons. The van der Waals surface area contributed by atoms with Crippen LogP contribution in [0.3, 0.4) is 0 Å². The van der Waals surface area contributed by atoms with Gasteiger partial charge in [-0.25, -0.2) is 4.57 Å². The van der Waals surface area contributed by atoms with Crippen molar-refractivity contribution in [2.45, 2.75) is 111 Å². The molecule has 0 aliphatic carbocycles. The summed E-state index contributed by atoms with van der Waals surface area (Å²) in [5.74, 6) is 0.993. The van der Waals surface area contributed by atoms with E-state index >= 15 is 0 Å². The monoisotopic (exact) mass is 467 g/mol. The number of aromatic nitrogens is 1. The molecular formula is C30H47N2O2+. The van der Waals surface area contributed by atoms with E-state index in [-0.39, 0.29) is 11.3 Å². The van der Waals surface area contributed by atoms with Crippen molar-refractivity contribution in [3.63, 3.8) is 0 Å². The molecule has 2 aromatic rings. The maximum absolute atomic E-state index is 12.6. The van der Waals surface area contributed by atoms with Crippen molar-refractivity contribution in [1.82, 2.24) is 5.32 Å². The zero-order valence-electron chi connectivity index (χ0n) is 22.3. The molecule has 1 aromatic carbocycles. The minimum Gasteiger partial charge on any atom is -0.493 e. The van der Waals surface area contributed by atoms with Crippen LogP contribution in [0.4, 0.5) is 0 Å². The van der Waals surface area contributed by atoms with Crippen LogP contribution in [-0.4, -0.2) is 12.5 Å². The maximum Gasteiger partial charge on any atom is 0.224 e. The number of ether oxygens (including phenoxy) is 1. The number of pyridine rings is 1. The van der Waals surface area contributed by atoms with Gasteiger partial charge in [-0.1, -0.05) is 84.8 Å². The van der Waals surface area contributed by atoms with Gasteiger partial charge in [0.2, 0.25) is 5.91 Å². The highest BCUT2D eigenvalue weighted by Gasteiger charge is 2.20. The van der Waals surface area contributed by atoms with E-state index in [0.29, 0.717) is 13.0 Å². The molecule has 2 rings (SSSR count). The smallest absolute Gasteiger partial charge is 0.224 e. The molecule has 0 radical (unpaired) electrons. The van der Waals surface area contributed by atoms with Crippen LogP contribution in [0.5, 0.6) is 5.75 Å². The van der Waals surface area contributed by atoms with E-state index < -0.39 is 0 Å². The molecule has 1 amide bonds. The number of nitrogens with one attached hydrogen (secondary N) is 1. The van der Waals surface area contributed by atoms with Crippen molar-refractivity contribution >= 4 is 5.91 Å². The summed E-state index contributed by atoms with van der Waals surface area (Å²) < 4.78 is 8.31. The van der Waals surface area contributed by atoms with Crippen LogP contribution in [-0.2, 0) is 29.7 Å². The molecule has 0 aliphatic heterocycles. The summed E-state index contributed by atoms with van der Waals surface area (Å²) in [4.78, 5) is 12.6. The van der Waals surface area contributed by atoms with Gasteiger partial charge in [0.15, 0.2) is 12.4 Å². The first-order valence-corrected chi connectivity index (χ1v) is 13.3. The predicted molar refractivity (Wildman–Crippen MR) is 141 cm³/mol. The van der Waals surface area contributed by atoms with E-state index in [0.717, 1.165) is 36.4 Å². The molecule has 0 unspecified atom stereocenters. The van der Waals surface area contributed by atoms with Crippen LogP contribution in [0.2, 0.25) is 0 Å². The largest absolute Gasteiger partial charge is 0.493 e. The quantitative estimate of drug-likeness (QED) is 0.235. The second-order valence-corrected chi connectivity index (χ2v) is 10.4. The molecule has 4 nitrogen and oxygen atoms in total. The number of benzene rings is 1. The fraction of sp³-hybridized carbons (Fsp3) is 0.600. The topological polar surface area (TPSA) is 42.2 Å². The van der Waals surface area contributed by atoms with E-state index in [1.807, 2.05) is 24.4 Å². The van der Waals surface area contributed by atoms with Crippen molar-refractivity contribution in [2.75, 3.05) is 6.61 Å². The van der Waals surface area contributed by atoms with E-state index in [4.69, 9.17) is 4.74 Å². The molecule has 0 fully saturated rings. The lowest BCUT2D eigenvalue weighted by Crippen LogP contribution is -2.33. The Labute approximate surface area is 208 Å². The molecule has 4 heteroatoms. The number of nitrogens with zero attached hydrogens (tertiary/aromatic N) is 1. The molecule has 0 saturated heterocycles. The van der Waals surface area contributed by atoms with Gasteiger partial charge in [-0.15, -0.1) is 0 Å². The Bertz CT molecular complexity index is 870. The van der Waals surface area contributed by atoms with Gasteiger partial charge in [0.25, 0.3) is 0 Å². The average Bonchev–Trinajstić information content (AvgIpc) is 2.82. The van der Waals surface area contributed by atoms with Crippen LogP contribution in [0.25, 0.3) is 0 Å². The lowest BCUT2D eigenvalue weighted by molar-refractivity contribution is -0.694. The third kappa shape index (κ3) is 10.3. The van der Waals surface area contributed by atoms with Crippen molar-refractivity contribution in [3.05, 3.63) is 59.4 Å². The van der Waals surface area contributed by atoms with E-state index in [2.05, 4.69) is 62.8 Å². The summed E-state index contributed by atoms with van der Waals surface area (Å²) in [5, 5.41) is 3.06. The summed E-state index contributed by atoms with van der Waals surface area (Å²) in [6, 6.07) is 10.3. The highest BCUT2D eigenvalue weighted by Crippen LogP contribution is 2.32. The van der Waals surface area contributed by atoms with Crippen molar-refractivity contribution < 1.29 is 14.1 Å². The van der Waals surface area contributed by atoms with Gasteiger partial charge in [0.05, 0.1) is 13.0 Å². The first-order valence-electron chi connectivity index (χ1n) is 13.3. The Kier molecular flexibility index (Phi) is 12.1. The fourth-order valence-electron chi connectivity index (χ4n) is 4.14. The number of rotatable bonds is 15. The molecule has 0 bridgehead atoms. The first kappa shape index (κ1) is 27.9. The Balaban J connectivity index is 1.85. The number of amides is 1. The van der Waals surface area contributed by atoms with Gasteiger partial charge >= 0.3 is 0 Å². The maximum atomic E-state index is 12.6. The van der Waals surface area contributed by atoms with Gasteiger partial charge < -0.3 is 10.1 Å². The first-order chi connectivity index (χ1) is 16.3. The van der Waals surface area contributed by atoms with Gasteiger partial charge in [0, 0.05) is 18.2 Å². The molecule has 1 N–H and O–H groups in total. The summed E-state index contributed by atoms with van der Waals surface area (Å²) in [6.45, 7) is 13.2.